The van der Waals surface area contributed by atoms with Crippen LogP contribution >= 0.6 is 0 Å². The lowest BCUT2D eigenvalue weighted by atomic mass is 9.88. The molecule has 312 valence electrons. The Labute approximate surface area is 329 Å². The molecule has 4 aliphatic rings. The summed E-state index contributed by atoms with van der Waals surface area (Å²) in [6, 6.07) is 4.38. The number of allylic oxidation sites excluding steroid dienone is 1. The number of alkyl carbamates (subject to hydrolysis) is 1. The Morgan fingerprint density at radius 1 is 1.14 bits per heavy atom. The molecular weight excluding hydrogens is 772 g/mol. The Morgan fingerprint density at radius 2 is 1.88 bits per heavy atom. The molecule has 4 amide bonds. The molecule has 1 aromatic carbocycles. The number of carbonyl (C=O) groups excluding carboxylic acids is 4. The first-order chi connectivity index (χ1) is 26.8. The lowest BCUT2D eigenvalue weighted by molar-refractivity contribution is -0.197. The van der Waals surface area contributed by atoms with Crippen molar-refractivity contribution >= 4 is 44.6 Å². The summed E-state index contributed by atoms with van der Waals surface area (Å²) in [5, 5.41) is 6.53. The third kappa shape index (κ3) is 9.10. The highest BCUT2D eigenvalue weighted by Gasteiger charge is 2.63. The molecule has 18 heteroatoms. The summed E-state index contributed by atoms with van der Waals surface area (Å²) in [6.45, 7) is 7.95. The van der Waals surface area contributed by atoms with Crippen LogP contribution in [0.5, 0.6) is 11.6 Å². The number of pyridine rings is 1. The monoisotopic (exact) mass is 821 g/mol. The maximum Gasteiger partial charge on any atom is 0.425 e. The molecule has 57 heavy (non-hydrogen) atoms. The van der Waals surface area contributed by atoms with Crippen molar-refractivity contribution in [2.24, 2.45) is 17.8 Å². The second kappa shape index (κ2) is 16.0. The van der Waals surface area contributed by atoms with Crippen LogP contribution in [-0.2, 0) is 29.1 Å². The fourth-order valence-corrected chi connectivity index (χ4v) is 8.93. The minimum atomic E-state index is -4.85. The summed E-state index contributed by atoms with van der Waals surface area (Å²) in [6.07, 6.45) is -2.12. The van der Waals surface area contributed by atoms with E-state index < -0.39 is 86.4 Å². The highest BCUT2D eigenvalue weighted by atomic mass is 32.2. The number of nitrogens with one attached hydrogen (secondary N) is 3. The predicted molar refractivity (Wildman–Crippen MR) is 201 cm³/mol. The Hall–Kier alpha value is -4.61. The van der Waals surface area contributed by atoms with Crippen LogP contribution in [0.25, 0.3) is 10.8 Å². The van der Waals surface area contributed by atoms with E-state index in [-0.39, 0.29) is 31.2 Å². The topological polar surface area (TPSA) is 182 Å². The highest BCUT2D eigenvalue weighted by molar-refractivity contribution is 7.91. The summed E-state index contributed by atoms with van der Waals surface area (Å²) in [5.74, 6) is -2.79. The highest BCUT2D eigenvalue weighted by Crippen LogP contribution is 2.47. The first kappa shape index (κ1) is 42.0. The van der Waals surface area contributed by atoms with Gasteiger partial charge in [0.25, 0.3) is 5.91 Å². The summed E-state index contributed by atoms with van der Waals surface area (Å²) < 4.78 is 84.1. The number of rotatable bonds is 9. The van der Waals surface area contributed by atoms with E-state index in [1.807, 2.05) is 26.0 Å². The molecule has 1 saturated heterocycles. The number of aromatic nitrogens is 1. The van der Waals surface area contributed by atoms with Crippen molar-refractivity contribution in [3.05, 3.63) is 42.6 Å². The molecule has 8 atom stereocenters. The van der Waals surface area contributed by atoms with Crippen molar-refractivity contribution in [3.8, 4) is 11.6 Å². The van der Waals surface area contributed by atoms with Crippen molar-refractivity contribution < 1.29 is 55.0 Å². The zero-order chi connectivity index (χ0) is 41.5. The van der Waals surface area contributed by atoms with E-state index >= 15 is 0 Å². The van der Waals surface area contributed by atoms with E-state index in [2.05, 4.69) is 25.1 Å². The van der Waals surface area contributed by atoms with E-state index in [9.17, 15) is 40.8 Å². The second-order valence-corrected chi connectivity index (χ2v) is 18.3. The minimum absolute atomic E-state index is 0.0282. The van der Waals surface area contributed by atoms with Crippen LogP contribution in [0.15, 0.2) is 42.6 Å². The number of carbonyl (C=O) groups is 4. The van der Waals surface area contributed by atoms with Gasteiger partial charge in [0.15, 0.2) is 6.10 Å². The van der Waals surface area contributed by atoms with Gasteiger partial charge in [0.1, 0.15) is 29.5 Å². The van der Waals surface area contributed by atoms with Gasteiger partial charge in [-0.1, -0.05) is 26.0 Å². The van der Waals surface area contributed by atoms with Crippen LogP contribution in [-0.4, -0.2) is 96.0 Å². The predicted octanol–water partition coefficient (Wildman–Crippen LogP) is 4.91. The van der Waals surface area contributed by atoms with Crippen molar-refractivity contribution in [2.75, 3.05) is 13.2 Å². The van der Waals surface area contributed by atoms with Crippen molar-refractivity contribution in [1.82, 2.24) is 25.2 Å². The van der Waals surface area contributed by atoms with Crippen LogP contribution in [0.3, 0.4) is 0 Å². The quantitative estimate of drug-likeness (QED) is 0.294. The molecular formula is C39H50F3N5O9S. The van der Waals surface area contributed by atoms with Gasteiger partial charge in [-0.05, 0) is 101 Å². The van der Waals surface area contributed by atoms with E-state index in [0.717, 1.165) is 5.39 Å². The van der Waals surface area contributed by atoms with Gasteiger partial charge in [0, 0.05) is 23.9 Å². The number of benzene rings is 1. The summed E-state index contributed by atoms with van der Waals surface area (Å²) in [5.41, 5.74) is -1.64. The summed E-state index contributed by atoms with van der Waals surface area (Å²) in [4.78, 5) is 61.5. The molecule has 3 fully saturated rings. The van der Waals surface area contributed by atoms with Gasteiger partial charge in [-0.15, -0.1) is 0 Å². The van der Waals surface area contributed by atoms with Gasteiger partial charge in [-0.3, -0.25) is 19.1 Å². The molecule has 1 unspecified atom stereocenters. The molecule has 3 heterocycles. The molecule has 2 aromatic rings. The number of sulfonamides is 1. The maximum atomic E-state index is 14.7. The molecule has 2 aliphatic heterocycles. The Bertz CT molecular complexity index is 2030. The van der Waals surface area contributed by atoms with E-state index in [4.69, 9.17) is 9.47 Å². The molecule has 2 saturated carbocycles. The van der Waals surface area contributed by atoms with Gasteiger partial charge in [0.2, 0.25) is 27.7 Å². The largest absolute Gasteiger partial charge is 0.494 e. The maximum absolute atomic E-state index is 14.7. The molecule has 0 spiro atoms. The molecule has 0 bridgehead atoms. The fourth-order valence-electron chi connectivity index (χ4n) is 7.62. The number of alkyl halides is 3. The number of nitrogens with zero attached hydrogens (tertiary/aromatic N) is 2. The van der Waals surface area contributed by atoms with E-state index in [0.29, 0.717) is 56.8 Å². The molecule has 6 rings (SSSR count). The SMILES string of the molecule is CCOc1ccc2c(O[C@@H]3C[C@H]4C(=O)N[C@]5(C(=O)NS(=O)(=O)C6(C)CC6)CC5/C=C\CC[C@H](C)C[C@@H](C)[C@H](NC(=O)O[C@H](C)C(F)(F)F)C(=O)N4C3)nccc2c1. The summed E-state index contributed by atoms with van der Waals surface area (Å²) >= 11 is 0. The number of amides is 4. The van der Waals surface area contributed by atoms with Gasteiger partial charge >= 0.3 is 12.3 Å². The van der Waals surface area contributed by atoms with Crippen LogP contribution in [0.1, 0.15) is 79.6 Å². The van der Waals surface area contributed by atoms with Crippen molar-refractivity contribution in [2.45, 2.75) is 120 Å². The number of ether oxygens (including phenoxy) is 3. The third-order valence-electron chi connectivity index (χ3n) is 11.6. The second-order valence-electron chi connectivity index (χ2n) is 16.1. The van der Waals surface area contributed by atoms with Gasteiger partial charge in [0.05, 0.1) is 17.9 Å². The Kier molecular flexibility index (Phi) is 11.8. The average Bonchev–Trinajstić information content (AvgIpc) is 4.01. The van der Waals surface area contributed by atoms with Crippen LogP contribution in [0, 0.1) is 17.8 Å². The molecule has 2 aliphatic carbocycles. The van der Waals surface area contributed by atoms with Crippen LogP contribution < -0.4 is 24.8 Å². The minimum Gasteiger partial charge on any atom is -0.494 e. The van der Waals surface area contributed by atoms with Crippen LogP contribution in [0.4, 0.5) is 18.0 Å². The van der Waals surface area contributed by atoms with Gasteiger partial charge in [-0.2, -0.15) is 13.2 Å². The lowest BCUT2D eigenvalue weighted by Gasteiger charge is -2.33. The zero-order valence-corrected chi connectivity index (χ0v) is 33.4. The zero-order valence-electron chi connectivity index (χ0n) is 32.6. The van der Waals surface area contributed by atoms with Gasteiger partial charge < -0.3 is 29.7 Å². The number of fused-ring (bicyclic) bond motifs is 3. The number of halogens is 3. The van der Waals surface area contributed by atoms with E-state index in [1.165, 1.54) is 18.0 Å². The third-order valence-corrected chi connectivity index (χ3v) is 13.7. The first-order valence-corrected chi connectivity index (χ1v) is 20.8. The molecule has 3 N–H and O–H groups in total. The Morgan fingerprint density at radius 3 is 2.56 bits per heavy atom. The first-order valence-electron chi connectivity index (χ1n) is 19.3. The Balaban J connectivity index is 1.34. The average molecular weight is 822 g/mol. The van der Waals surface area contributed by atoms with Gasteiger partial charge in [-0.25, -0.2) is 18.2 Å². The van der Waals surface area contributed by atoms with Crippen molar-refractivity contribution in [1.29, 1.82) is 0 Å². The fraction of sp³-hybridized carbons (Fsp3) is 0.615. The molecule has 14 nitrogen and oxygen atoms in total. The standard InChI is InChI=1S/C39H50F3N5O9S/c1-6-54-27-11-12-29-25(18-27)13-16-43-33(29)56-28-19-30-32(48)45-38(35(50)46-57(52,53)37(5)14-15-37)20-26(38)10-8-7-9-22(2)17-23(3)31(34(49)47(30)21-28)44-36(51)55-24(4)39(40,41)42/h8,10-13,16,18,22-24,26,28,30-31H,6-7,9,14-15,17,19-21H2,1-5H3,(H,44,51)(H,45,48)(H,46,50)/b10-8-/t22-,23+,24+,26?,28+,30-,31-,38+/m0/s1. The number of hydrogen-bond acceptors (Lipinski definition) is 10. The van der Waals surface area contributed by atoms with Crippen LogP contribution in [0.2, 0.25) is 0 Å². The van der Waals surface area contributed by atoms with Crippen molar-refractivity contribution in [3.63, 3.8) is 0 Å². The summed E-state index contributed by atoms with van der Waals surface area (Å²) in [7, 11) is -4.07. The molecule has 0 radical (unpaired) electrons. The van der Waals surface area contributed by atoms with E-state index in [1.54, 1.807) is 31.2 Å². The smallest absolute Gasteiger partial charge is 0.425 e. The molecule has 1 aromatic heterocycles. The normalized spacial score (nSPS) is 30.0. The lowest BCUT2D eigenvalue weighted by Crippen LogP contribution is -2.59. The number of hydrogen-bond donors (Lipinski definition) is 3.